The number of aromatic nitrogens is 2. The second-order valence-corrected chi connectivity index (χ2v) is 4.97. The molecule has 1 aromatic heterocycles. The number of fused-ring (bicyclic) bond motifs is 1. The summed E-state index contributed by atoms with van der Waals surface area (Å²) in [7, 11) is 0. The molecule has 0 spiro atoms. The Hall–Kier alpha value is -1.09. The molecule has 1 unspecified atom stereocenters. The fraction of sp³-hybridized carbons (Fsp3) is 0.417. The van der Waals surface area contributed by atoms with Gasteiger partial charge in [-0.3, -0.25) is 0 Å². The molecule has 2 aromatic rings. The van der Waals surface area contributed by atoms with Crippen molar-refractivity contribution in [2.24, 2.45) is 0 Å². The number of halogens is 2. The fourth-order valence-electron chi connectivity index (χ4n) is 2.08. The number of benzene rings is 1. The summed E-state index contributed by atoms with van der Waals surface area (Å²) in [5.41, 5.74) is 1.70. The van der Waals surface area contributed by atoms with E-state index in [1.165, 1.54) is 6.07 Å². The van der Waals surface area contributed by atoms with Crippen LogP contribution >= 0.6 is 11.6 Å². The molecular weight excluding hydrogens is 227 g/mol. The average molecular weight is 239 g/mol. The minimum absolute atomic E-state index is 0.143. The van der Waals surface area contributed by atoms with Crippen LogP contribution in [0, 0.1) is 5.82 Å². The lowest BCUT2D eigenvalue weighted by atomic mass is 10.3. The zero-order valence-corrected chi connectivity index (χ0v) is 9.71. The van der Waals surface area contributed by atoms with Crippen LogP contribution in [0.4, 0.5) is 4.39 Å². The predicted octanol–water partition coefficient (Wildman–Crippen LogP) is 3.81. The molecule has 0 N–H and O–H groups in total. The fourth-order valence-corrected chi connectivity index (χ4v) is 2.24. The summed E-state index contributed by atoms with van der Waals surface area (Å²) in [6, 6.07) is 5.16. The molecule has 1 atom stereocenters. The first-order valence-electron chi connectivity index (χ1n) is 5.48. The molecule has 2 nitrogen and oxygen atoms in total. The van der Waals surface area contributed by atoms with E-state index in [1.807, 2.05) is 6.92 Å². The SMILES string of the molecule is CC(Cl)c1nc2ccc(F)cc2n1C1CC1. The highest BCUT2D eigenvalue weighted by Crippen LogP contribution is 2.40. The number of hydrogen-bond donors (Lipinski definition) is 0. The summed E-state index contributed by atoms with van der Waals surface area (Å²) in [4.78, 5) is 4.48. The van der Waals surface area contributed by atoms with Gasteiger partial charge in [0, 0.05) is 6.04 Å². The lowest BCUT2D eigenvalue weighted by Gasteiger charge is -2.08. The quantitative estimate of drug-likeness (QED) is 0.728. The molecule has 3 rings (SSSR count). The van der Waals surface area contributed by atoms with E-state index in [-0.39, 0.29) is 11.2 Å². The molecule has 0 bridgehead atoms. The molecule has 1 fully saturated rings. The van der Waals surface area contributed by atoms with E-state index in [2.05, 4.69) is 9.55 Å². The molecule has 1 heterocycles. The summed E-state index contributed by atoms with van der Waals surface area (Å²) in [5, 5.41) is -0.143. The summed E-state index contributed by atoms with van der Waals surface area (Å²) >= 11 is 6.11. The van der Waals surface area contributed by atoms with E-state index in [0.717, 1.165) is 29.7 Å². The summed E-state index contributed by atoms with van der Waals surface area (Å²) < 4.78 is 15.3. The maximum Gasteiger partial charge on any atom is 0.127 e. The van der Waals surface area contributed by atoms with Gasteiger partial charge in [0.15, 0.2) is 0 Å². The van der Waals surface area contributed by atoms with Crippen molar-refractivity contribution >= 4 is 22.6 Å². The Morgan fingerprint density at radius 3 is 2.88 bits per heavy atom. The van der Waals surface area contributed by atoms with E-state index in [1.54, 1.807) is 12.1 Å². The Balaban J connectivity index is 2.29. The highest BCUT2D eigenvalue weighted by Gasteiger charge is 2.29. The van der Waals surface area contributed by atoms with Gasteiger partial charge in [0.05, 0.1) is 16.4 Å². The van der Waals surface area contributed by atoms with Gasteiger partial charge in [-0.1, -0.05) is 0 Å². The molecule has 1 saturated carbocycles. The normalized spacial score (nSPS) is 17.9. The van der Waals surface area contributed by atoms with Crippen LogP contribution < -0.4 is 0 Å². The van der Waals surface area contributed by atoms with Gasteiger partial charge < -0.3 is 4.57 Å². The van der Waals surface area contributed by atoms with Crippen LogP contribution in [0.5, 0.6) is 0 Å². The van der Waals surface area contributed by atoms with Crippen LogP contribution in [0.2, 0.25) is 0 Å². The molecule has 0 aliphatic heterocycles. The predicted molar refractivity (Wildman–Crippen MR) is 62.2 cm³/mol. The summed E-state index contributed by atoms with van der Waals surface area (Å²) in [5.74, 6) is 0.632. The van der Waals surface area contributed by atoms with E-state index < -0.39 is 0 Å². The summed E-state index contributed by atoms with van der Waals surface area (Å²) in [6.07, 6.45) is 2.27. The highest BCUT2D eigenvalue weighted by atomic mass is 35.5. The van der Waals surface area contributed by atoms with Crippen molar-refractivity contribution in [3.05, 3.63) is 29.8 Å². The number of alkyl halides is 1. The Labute approximate surface area is 98.0 Å². The molecule has 4 heteroatoms. The van der Waals surface area contributed by atoms with Crippen LogP contribution in [0.1, 0.15) is 37.0 Å². The third-order valence-corrected chi connectivity index (χ3v) is 3.14. The van der Waals surface area contributed by atoms with Gasteiger partial charge in [-0.2, -0.15) is 0 Å². The Kier molecular flexibility index (Phi) is 2.18. The van der Waals surface area contributed by atoms with Crippen molar-refractivity contribution in [2.45, 2.75) is 31.2 Å². The van der Waals surface area contributed by atoms with Crippen LogP contribution in [-0.2, 0) is 0 Å². The van der Waals surface area contributed by atoms with Gasteiger partial charge in [0.2, 0.25) is 0 Å². The van der Waals surface area contributed by atoms with E-state index >= 15 is 0 Å². The molecule has 0 amide bonds. The third-order valence-electron chi connectivity index (χ3n) is 2.95. The lowest BCUT2D eigenvalue weighted by molar-refractivity contribution is 0.627. The van der Waals surface area contributed by atoms with Gasteiger partial charge in [-0.15, -0.1) is 11.6 Å². The van der Waals surface area contributed by atoms with Crippen molar-refractivity contribution in [1.82, 2.24) is 9.55 Å². The maximum absolute atomic E-state index is 13.2. The van der Waals surface area contributed by atoms with Gasteiger partial charge in [0.1, 0.15) is 11.6 Å². The minimum Gasteiger partial charge on any atom is -0.324 e. The molecule has 16 heavy (non-hydrogen) atoms. The Morgan fingerprint density at radius 1 is 1.50 bits per heavy atom. The number of imidazole rings is 1. The third kappa shape index (κ3) is 1.50. The summed E-state index contributed by atoms with van der Waals surface area (Å²) in [6.45, 7) is 1.90. The zero-order chi connectivity index (χ0) is 11.3. The van der Waals surface area contributed by atoms with Crippen LogP contribution in [0.3, 0.4) is 0 Å². The lowest BCUT2D eigenvalue weighted by Crippen LogP contribution is -2.01. The Morgan fingerprint density at radius 2 is 2.25 bits per heavy atom. The molecule has 1 aromatic carbocycles. The smallest absolute Gasteiger partial charge is 0.127 e. The van der Waals surface area contributed by atoms with Crippen LogP contribution in [0.15, 0.2) is 18.2 Å². The van der Waals surface area contributed by atoms with E-state index in [9.17, 15) is 4.39 Å². The minimum atomic E-state index is -0.219. The molecule has 1 aliphatic rings. The highest BCUT2D eigenvalue weighted by molar-refractivity contribution is 6.20. The van der Waals surface area contributed by atoms with Crippen LogP contribution in [-0.4, -0.2) is 9.55 Å². The van der Waals surface area contributed by atoms with Gasteiger partial charge in [-0.05, 0) is 38.0 Å². The van der Waals surface area contributed by atoms with E-state index in [4.69, 9.17) is 11.6 Å². The van der Waals surface area contributed by atoms with Crippen molar-refractivity contribution in [3.8, 4) is 0 Å². The number of nitrogens with zero attached hydrogens (tertiary/aromatic N) is 2. The zero-order valence-electron chi connectivity index (χ0n) is 8.95. The molecule has 0 radical (unpaired) electrons. The molecular formula is C12H12ClFN2. The first kappa shape index (κ1) is 10.1. The number of rotatable bonds is 2. The molecule has 1 aliphatic carbocycles. The largest absolute Gasteiger partial charge is 0.324 e. The maximum atomic E-state index is 13.2. The van der Waals surface area contributed by atoms with Crippen molar-refractivity contribution in [2.75, 3.05) is 0 Å². The van der Waals surface area contributed by atoms with Gasteiger partial charge in [0.25, 0.3) is 0 Å². The number of hydrogen-bond acceptors (Lipinski definition) is 1. The Bertz CT molecular complexity index is 543. The first-order valence-corrected chi connectivity index (χ1v) is 5.92. The van der Waals surface area contributed by atoms with Gasteiger partial charge >= 0.3 is 0 Å². The van der Waals surface area contributed by atoms with Crippen molar-refractivity contribution < 1.29 is 4.39 Å². The first-order chi connectivity index (χ1) is 7.66. The average Bonchev–Trinajstić information content (AvgIpc) is 2.99. The van der Waals surface area contributed by atoms with Gasteiger partial charge in [-0.25, -0.2) is 9.37 Å². The van der Waals surface area contributed by atoms with Crippen molar-refractivity contribution in [1.29, 1.82) is 0 Å². The topological polar surface area (TPSA) is 17.8 Å². The molecule has 84 valence electrons. The van der Waals surface area contributed by atoms with Crippen LogP contribution in [0.25, 0.3) is 11.0 Å². The second kappa shape index (κ2) is 3.45. The van der Waals surface area contributed by atoms with E-state index in [0.29, 0.717) is 6.04 Å². The second-order valence-electron chi connectivity index (χ2n) is 4.32. The van der Waals surface area contributed by atoms with Crippen molar-refractivity contribution in [3.63, 3.8) is 0 Å². The molecule has 0 saturated heterocycles. The standard InChI is InChI=1S/C12H12ClFN2/c1-7(13)12-15-10-5-2-8(14)6-11(10)16(12)9-3-4-9/h2,5-7,9H,3-4H2,1H3. The monoisotopic (exact) mass is 238 g/mol.